The van der Waals surface area contributed by atoms with E-state index in [1.165, 1.54) is 0 Å². The Labute approximate surface area is 247 Å². The number of fused-ring (bicyclic) bond motifs is 2. The summed E-state index contributed by atoms with van der Waals surface area (Å²) in [6, 6.07) is 4.79. The van der Waals surface area contributed by atoms with Crippen molar-refractivity contribution < 1.29 is 28.7 Å². The number of carbonyl (C=O) groups is 4. The van der Waals surface area contributed by atoms with E-state index in [-0.39, 0.29) is 54.8 Å². The van der Waals surface area contributed by atoms with E-state index >= 15 is 0 Å². The van der Waals surface area contributed by atoms with E-state index in [9.17, 15) is 19.2 Å². The van der Waals surface area contributed by atoms with Crippen molar-refractivity contribution in [3.8, 4) is 5.75 Å². The largest absolute Gasteiger partial charge is 0.493 e. The molecule has 0 spiro atoms. The SMILES string of the molecule is CN[C@@H](C)C(=O)N[C@H]1CN(C(=O)NCCCOC)CC[C@H]2CC[C@@H](C(=O)N[C@@H]3CCOc4ccccc43)N2C1=O.Cl. The number of ether oxygens (including phenoxy) is 2. The van der Waals surface area contributed by atoms with Crippen molar-refractivity contribution >= 4 is 36.2 Å². The molecule has 0 unspecified atom stereocenters. The third-order valence-corrected chi connectivity index (χ3v) is 8.00. The first-order valence-corrected chi connectivity index (χ1v) is 14.2. The topological polar surface area (TPSA) is 141 Å². The number of nitrogens with one attached hydrogen (secondary N) is 4. The zero-order valence-electron chi connectivity index (χ0n) is 24.0. The lowest BCUT2D eigenvalue weighted by Gasteiger charge is -2.39. The lowest BCUT2D eigenvalue weighted by Crippen LogP contribution is -2.63. The van der Waals surface area contributed by atoms with Crippen LogP contribution < -0.4 is 26.0 Å². The molecule has 3 heterocycles. The smallest absolute Gasteiger partial charge is 0.317 e. The number of hydrogen-bond donors (Lipinski definition) is 4. The van der Waals surface area contributed by atoms with Crippen LogP contribution in [0.25, 0.3) is 0 Å². The molecule has 0 aliphatic carbocycles. The molecule has 3 aliphatic heterocycles. The van der Waals surface area contributed by atoms with Crippen LogP contribution in [0.1, 0.15) is 50.6 Å². The highest BCUT2D eigenvalue weighted by molar-refractivity contribution is 5.94. The molecule has 5 amide bonds. The molecule has 4 rings (SSSR count). The summed E-state index contributed by atoms with van der Waals surface area (Å²) in [5, 5.41) is 11.8. The monoisotopic (exact) mass is 594 g/mol. The predicted molar refractivity (Wildman–Crippen MR) is 155 cm³/mol. The molecular weight excluding hydrogens is 552 g/mol. The van der Waals surface area contributed by atoms with Crippen LogP contribution in [0.4, 0.5) is 4.79 Å². The number of rotatable bonds is 9. The number of nitrogens with zero attached hydrogens (tertiary/aromatic N) is 2. The van der Waals surface area contributed by atoms with Crippen molar-refractivity contribution in [2.75, 3.05) is 47.0 Å². The third kappa shape index (κ3) is 7.81. The van der Waals surface area contributed by atoms with Gasteiger partial charge in [0.05, 0.1) is 25.2 Å². The second kappa shape index (κ2) is 15.2. The fraction of sp³-hybridized carbons (Fsp3) is 0.643. The molecule has 0 saturated carbocycles. The van der Waals surface area contributed by atoms with E-state index in [4.69, 9.17) is 9.47 Å². The average Bonchev–Trinajstić information content (AvgIpc) is 3.38. The molecule has 41 heavy (non-hydrogen) atoms. The van der Waals surface area contributed by atoms with Crippen LogP contribution >= 0.6 is 12.4 Å². The number of methoxy groups -OCH3 is 1. The van der Waals surface area contributed by atoms with Gasteiger partial charge in [-0.25, -0.2) is 4.79 Å². The maximum absolute atomic E-state index is 14.0. The van der Waals surface area contributed by atoms with Gasteiger partial charge in [-0.05, 0) is 45.7 Å². The van der Waals surface area contributed by atoms with Crippen molar-refractivity contribution in [3.63, 3.8) is 0 Å². The van der Waals surface area contributed by atoms with Crippen molar-refractivity contribution in [1.29, 1.82) is 0 Å². The van der Waals surface area contributed by atoms with E-state index in [0.717, 1.165) is 11.3 Å². The molecule has 3 aliphatic rings. The van der Waals surface area contributed by atoms with Crippen LogP contribution in [0.5, 0.6) is 5.75 Å². The second-order valence-corrected chi connectivity index (χ2v) is 10.6. The first kappa shape index (κ1) is 32.4. The van der Waals surface area contributed by atoms with E-state index in [2.05, 4.69) is 21.3 Å². The molecule has 2 saturated heterocycles. The minimum absolute atomic E-state index is 0. The van der Waals surface area contributed by atoms with Crippen molar-refractivity contribution in [3.05, 3.63) is 29.8 Å². The zero-order chi connectivity index (χ0) is 28.6. The van der Waals surface area contributed by atoms with Crippen molar-refractivity contribution in [2.45, 2.75) is 69.2 Å². The van der Waals surface area contributed by atoms with E-state index < -0.39 is 18.1 Å². The molecule has 0 aromatic heterocycles. The predicted octanol–water partition coefficient (Wildman–Crippen LogP) is 0.952. The Morgan fingerprint density at radius 2 is 1.88 bits per heavy atom. The highest BCUT2D eigenvalue weighted by Crippen LogP contribution is 2.33. The molecule has 5 atom stereocenters. The Kier molecular flexibility index (Phi) is 12.0. The first-order chi connectivity index (χ1) is 19.3. The maximum Gasteiger partial charge on any atom is 0.317 e. The maximum atomic E-state index is 14.0. The molecule has 2 fully saturated rings. The summed E-state index contributed by atoms with van der Waals surface area (Å²) in [4.78, 5) is 56.7. The molecule has 228 valence electrons. The number of amides is 5. The van der Waals surface area contributed by atoms with Gasteiger partial charge in [0, 0.05) is 44.8 Å². The van der Waals surface area contributed by atoms with Gasteiger partial charge in [-0.3, -0.25) is 14.4 Å². The van der Waals surface area contributed by atoms with Gasteiger partial charge in [0.2, 0.25) is 17.7 Å². The summed E-state index contributed by atoms with van der Waals surface area (Å²) in [5.41, 5.74) is 0.925. The second-order valence-electron chi connectivity index (χ2n) is 10.6. The van der Waals surface area contributed by atoms with Crippen LogP contribution in [0.2, 0.25) is 0 Å². The van der Waals surface area contributed by atoms with Crippen LogP contribution in [-0.2, 0) is 19.1 Å². The summed E-state index contributed by atoms with van der Waals surface area (Å²) in [7, 11) is 3.27. The van der Waals surface area contributed by atoms with Crippen LogP contribution in [-0.4, -0.2) is 105 Å². The van der Waals surface area contributed by atoms with Gasteiger partial charge in [-0.1, -0.05) is 18.2 Å². The number of hydrogen-bond acceptors (Lipinski definition) is 7. The van der Waals surface area contributed by atoms with Gasteiger partial charge in [0.1, 0.15) is 17.8 Å². The molecule has 0 bridgehead atoms. The Bertz CT molecular complexity index is 1080. The Hall–Kier alpha value is -3.09. The summed E-state index contributed by atoms with van der Waals surface area (Å²) < 4.78 is 10.8. The van der Waals surface area contributed by atoms with Gasteiger partial charge < -0.3 is 40.5 Å². The number of benzene rings is 1. The number of likely N-dealkylation sites (N-methyl/N-ethyl adjacent to an activating group) is 1. The number of halogens is 1. The highest BCUT2D eigenvalue weighted by Gasteiger charge is 2.46. The van der Waals surface area contributed by atoms with E-state index in [0.29, 0.717) is 58.4 Å². The van der Waals surface area contributed by atoms with Gasteiger partial charge in [-0.2, -0.15) is 0 Å². The Morgan fingerprint density at radius 3 is 2.63 bits per heavy atom. The average molecular weight is 595 g/mol. The fourth-order valence-corrected chi connectivity index (χ4v) is 5.64. The normalized spacial score (nSPS) is 24.4. The van der Waals surface area contributed by atoms with E-state index in [1.807, 2.05) is 24.3 Å². The summed E-state index contributed by atoms with van der Waals surface area (Å²) in [5.74, 6) is -0.145. The van der Waals surface area contributed by atoms with Gasteiger partial charge in [-0.15, -0.1) is 12.4 Å². The minimum atomic E-state index is -0.979. The Morgan fingerprint density at radius 1 is 1.10 bits per heavy atom. The lowest BCUT2D eigenvalue weighted by atomic mass is 10.00. The zero-order valence-corrected chi connectivity index (χ0v) is 24.8. The lowest BCUT2D eigenvalue weighted by molar-refractivity contribution is -0.145. The number of carbonyl (C=O) groups excluding carboxylic acids is 4. The molecule has 0 radical (unpaired) electrons. The molecule has 1 aromatic carbocycles. The molecule has 4 N–H and O–H groups in total. The number of urea groups is 1. The van der Waals surface area contributed by atoms with Gasteiger partial charge in [0.25, 0.3) is 0 Å². The highest BCUT2D eigenvalue weighted by atomic mass is 35.5. The first-order valence-electron chi connectivity index (χ1n) is 14.2. The summed E-state index contributed by atoms with van der Waals surface area (Å²) in [6.07, 6.45) is 3.02. The standard InChI is InChI=1S/C28H42N6O6.ClH/c1-18(29-2)25(35)32-22-17-33(28(38)30-13-6-15-39-3)14-11-19-9-10-23(34(19)27(22)37)26(36)31-21-12-16-40-24-8-5-4-7-20(21)24;/h4-5,7-8,18-19,21-23,29H,6,9-17H2,1-3H3,(H,30,38)(H,31,36)(H,32,35);1H/t18-,19+,21+,22-,23-;/m0./s1. The van der Waals surface area contributed by atoms with E-state index in [1.54, 1.807) is 30.9 Å². The van der Waals surface area contributed by atoms with Crippen LogP contribution in [0, 0.1) is 0 Å². The van der Waals surface area contributed by atoms with Crippen LogP contribution in [0.3, 0.4) is 0 Å². The molecule has 12 nitrogen and oxygen atoms in total. The summed E-state index contributed by atoms with van der Waals surface area (Å²) in [6.45, 7) is 3.59. The molecule has 13 heteroatoms. The molecule has 1 aromatic rings. The van der Waals surface area contributed by atoms with Crippen LogP contribution in [0.15, 0.2) is 24.3 Å². The minimum Gasteiger partial charge on any atom is -0.493 e. The van der Waals surface area contributed by atoms with Crippen molar-refractivity contribution in [2.24, 2.45) is 0 Å². The quantitative estimate of drug-likeness (QED) is 0.312. The summed E-state index contributed by atoms with van der Waals surface area (Å²) >= 11 is 0. The van der Waals surface area contributed by atoms with Crippen molar-refractivity contribution in [1.82, 2.24) is 31.1 Å². The fourth-order valence-electron chi connectivity index (χ4n) is 5.64. The molecular formula is C28H43ClN6O6. The van der Waals surface area contributed by atoms with Gasteiger partial charge >= 0.3 is 6.03 Å². The number of para-hydroxylation sites is 1. The Balaban J connectivity index is 0.00000462. The third-order valence-electron chi connectivity index (χ3n) is 8.00. The van der Waals surface area contributed by atoms with Gasteiger partial charge in [0.15, 0.2) is 0 Å².